The minimum absolute atomic E-state index is 0.108. The van der Waals surface area contributed by atoms with E-state index in [4.69, 9.17) is 17.3 Å². The SMILES string of the molecule is CN(CC(N)=O)c1ccc(C=O)c(Cl)c1. The monoisotopic (exact) mass is 226 g/mol. The Kier molecular flexibility index (Phi) is 3.68. The van der Waals surface area contributed by atoms with Crippen molar-refractivity contribution in [1.29, 1.82) is 0 Å². The topological polar surface area (TPSA) is 63.4 Å². The highest BCUT2D eigenvalue weighted by Gasteiger charge is 2.06. The number of likely N-dealkylation sites (N-methyl/N-ethyl adjacent to an activating group) is 1. The summed E-state index contributed by atoms with van der Waals surface area (Å²) in [6.45, 7) is 0.108. The minimum atomic E-state index is -0.423. The molecule has 5 heteroatoms. The number of aldehydes is 1. The van der Waals surface area contributed by atoms with E-state index in [9.17, 15) is 9.59 Å². The Morgan fingerprint density at radius 2 is 2.27 bits per heavy atom. The van der Waals surface area contributed by atoms with Gasteiger partial charge >= 0.3 is 0 Å². The molecule has 1 amide bonds. The summed E-state index contributed by atoms with van der Waals surface area (Å²) in [6, 6.07) is 4.93. The summed E-state index contributed by atoms with van der Waals surface area (Å²) >= 11 is 5.84. The molecule has 0 heterocycles. The fourth-order valence-corrected chi connectivity index (χ4v) is 1.39. The molecule has 0 saturated heterocycles. The van der Waals surface area contributed by atoms with E-state index in [0.717, 1.165) is 5.69 Å². The number of amides is 1. The number of hydrogen-bond donors (Lipinski definition) is 1. The fraction of sp³-hybridized carbons (Fsp3) is 0.200. The number of carbonyl (C=O) groups excluding carboxylic acids is 2. The van der Waals surface area contributed by atoms with Crippen LogP contribution in [0.5, 0.6) is 0 Å². The molecule has 0 aliphatic rings. The lowest BCUT2D eigenvalue weighted by molar-refractivity contribution is -0.116. The molecule has 0 spiro atoms. The van der Waals surface area contributed by atoms with Crippen molar-refractivity contribution in [2.24, 2.45) is 5.73 Å². The number of anilines is 1. The normalized spacial score (nSPS) is 9.73. The molecule has 0 aliphatic heterocycles. The zero-order valence-corrected chi connectivity index (χ0v) is 8.99. The third-order valence-electron chi connectivity index (χ3n) is 1.94. The molecule has 0 bridgehead atoms. The molecule has 80 valence electrons. The smallest absolute Gasteiger partial charge is 0.236 e. The van der Waals surface area contributed by atoms with Crippen LogP contribution in [0.3, 0.4) is 0 Å². The van der Waals surface area contributed by atoms with E-state index in [0.29, 0.717) is 16.9 Å². The van der Waals surface area contributed by atoms with Gasteiger partial charge in [-0.05, 0) is 18.2 Å². The second kappa shape index (κ2) is 4.79. The Bertz CT molecular complexity index is 393. The van der Waals surface area contributed by atoms with E-state index in [1.165, 1.54) is 0 Å². The maximum absolute atomic E-state index is 10.7. The lowest BCUT2D eigenvalue weighted by Gasteiger charge is -2.17. The van der Waals surface area contributed by atoms with Crippen molar-refractivity contribution in [3.8, 4) is 0 Å². The summed E-state index contributed by atoms with van der Waals surface area (Å²) < 4.78 is 0. The van der Waals surface area contributed by atoms with Crippen LogP contribution in [0.25, 0.3) is 0 Å². The van der Waals surface area contributed by atoms with Crippen molar-refractivity contribution >= 4 is 29.5 Å². The van der Waals surface area contributed by atoms with Gasteiger partial charge < -0.3 is 10.6 Å². The molecule has 0 aliphatic carbocycles. The molecule has 0 saturated carbocycles. The first-order valence-electron chi connectivity index (χ1n) is 4.28. The van der Waals surface area contributed by atoms with Gasteiger partial charge in [-0.15, -0.1) is 0 Å². The highest BCUT2D eigenvalue weighted by Crippen LogP contribution is 2.21. The number of rotatable bonds is 4. The first-order chi connectivity index (χ1) is 7.04. The van der Waals surface area contributed by atoms with Crippen molar-refractivity contribution in [2.75, 3.05) is 18.5 Å². The van der Waals surface area contributed by atoms with Crippen molar-refractivity contribution in [3.63, 3.8) is 0 Å². The molecule has 0 fully saturated rings. The van der Waals surface area contributed by atoms with Crippen molar-refractivity contribution in [2.45, 2.75) is 0 Å². The van der Waals surface area contributed by atoms with Gasteiger partial charge in [0, 0.05) is 18.3 Å². The molecule has 1 aromatic carbocycles. The van der Waals surface area contributed by atoms with E-state index >= 15 is 0 Å². The third-order valence-corrected chi connectivity index (χ3v) is 2.27. The standard InChI is InChI=1S/C10H11ClN2O2/c1-13(5-10(12)15)8-3-2-7(6-14)9(11)4-8/h2-4,6H,5H2,1H3,(H2,12,15). The lowest BCUT2D eigenvalue weighted by atomic mass is 10.2. The molecule has 1 aromatic rings. The molecule has 2 N–H and O–H groups in total. The molecule has 1 rings (SSSR count). The van der Waals surface area contributed by atoms with Gasteiger partial charge in [-0.1, -0.05) is 11.6 Å². The lowest BCUT2D eigenvalue weighted by Crippen LogP contribution is -2.30. The summed E-state index contributed by atoms with van der Waals surface area (Å²) in [5.41, 5.74) is 6.22. The molecular formula is C10H11ClN2O2. The number of halogens is 1. The maximum atomic E-state index is 10.7. The van der Waals surface area contributed by atoms with Gasteiger partial charge in [0.1, 0.15) is 0 Å². The molecule has 15 heavy (non-hydrogen) atoms. The van der Waals surface area contributed by atoms with Crippen LogP contribution < -0.4 is 10.6 Å². The molecular weight excluding hydrogens is 216 g/mol. The number of nitrogens with two attached hydrogens (primary N) is 1. The van der Waals surface area contributed by atoms with Gasteiger partial charge in [-0.25, -0.2) is 0 Å². The molecule has 0 unspecified atom stereocenters. The minimum Gasteiger partial charge on any atom is -0.368 e. The van der Waals surface area contributed by atoms with Gasteiger partial charge in [0.05, 0.1) is 11.6 Å². The van der Waals surface area contributed by atoms with Crippen molar-refractivity contribution in [1.82, 2.24) is 0 Å². The second-order valence-corrected chi connectivity index (χ2v) is 3.55. The summed E-state index contributed by atoms with van der Waals surface area (Å²) in [4.78, 5) is 22.9. The largest absolute Gasteiger partial charge is 0.368 e. The Hall–Kier alpha value is -1.55. The van der Waals surface area contributed by atoms with E-state index in [1.807, 2.05) is 0 Å². The van der Waals surface area contributed by atoms with Gasteiger partial charge in [-0.3, -0.25) is 9.59 Å². The summed E-state index contributed by atoms with van der Waals surface area (Å²) in [6.07, 6.45) is 0.681. The van der Waals surface area contributed by atoms with Crippen LogP contribution in [0, 0.1) is 0 Å². The Balaban J connectivity index is 2.91. The average molecular weight is 227 g/mol. The van der Waals surface area contributed by atoms with Gasteiger partial charge in [0.2, 0.25) is 5.91 Å². The third kappa shape index (κ3) is 2.95. The van der Waals surface area contributed by atoms with E-state index in [-0.39, 0.29) is 6.54 Å². The predicted molar refractivity (Wildman–Crippen MR) is 59.3 cm³/mol. The quantitative estimate of drug-likeness (QED) is 0.782. The van der Waals surface area contributed by atoms with Crippen molar-refractivity contribution < 1.29 is 9.59 Å². The Morgan fingerprint density at radius 3 is 2.73 bits per heavy atom. The van der Waals surface area contributed by atoms with Crippen molar-refractivity contribution in [3.05, 3.63) is 28.8 Å². The van der Waals surface area contributed by atoms with E-state index < -0.39 is 5.91 Å². The number of nitrogens with zero attached hydrogens (tertiary/aromatic N) is 1. The zero-order chi connectivity index (χ0) is 11.4. The zero-order valence-electron chi connectivity index (χ0n) is 8.24. The summed E-state index contributed by atoms with van der Waals surface area (Å²) in [5, 5.41) is 0.360. The van der Waals surface area contributed by atoms with E-state index in [1.54, 1.807) is 30.1 Å². The fourth-order valence-electron chi connectivity index (χ4n) is 1.17. The van der Waals surface area contributed by atoms with Gasteiger partial charge in [-0.2, -0.15) is 0 Å². The van der Waals surface area contributed by atoms with Crippen LogP contribution in [-0.4, -0.2) is 25.8 Å². The van der Waals surface area contributed by atoms with E-state index in [2.05, 4.69) is 0 Å². The van der Waals surface area contributed by atoms with Crippen LogP contribution in [0.15, 0.2) is 18.2 Å². The van der Waals surface area contributed by atoms with Gasteiger partial charge in [0.25, 0.3) is 0 Å². The molecule has 0 aromatic heterocycles. The second-order valence-electron chi connectivity index (χ2n) is 3.15. The Labute approximate surface area is 92.6 Å². The highest BCUT2D eigenvalue weighted by atomic mass is 35.5. The first-order valence-corrected chi connectivity index (χ1v) is 4.66. The Morgan fingerprint density at radius 1 is 1.60 bits per heavy atom. The van der Waals surface area contributed by atoms with Crippen LogP contribution >= 0.6 is 11.6 Å². The van der Waals surface area contributed by atoms with Crippen LogP contribution in [0.1, 0.15) is 10.4 Å². The number of primary amides is 1. The molecule has 0 radical (unpaired) electrons. The first kappa shape index (κ1) is 11.5. The average Bonchev–Trinajstić information content (AvgIpc) is 2.16. The van der Waals surface area contributed by atoms with Crippen LogP contribution in [0.4, 0.5) is 5.69 Å². The van der Waals surface area contributed by atoms with Gasteiger partial charge in [0.15, 0.2) is 6.29 Å². The van der Waals surface area contributed by atoms with Crippen LogP contribution in [0.2, 0.25) is 5.02 Å². The molecule has 4 nitrogen and oxygen atoms in total. The maximum Gasteiger partial charge on any atom is 0.236 e. The summed E-state index contributed by atoms with van der Waals surface area (Å²) in [5.74, 6) is -0.423. The molecule has 0 atom stereocenters. The summed E-state index contributed by atoms with van der Waals surface area (Å²) in [7, 11) is 1.72. The highest BCUT2D eigenvalue weighted by molar-refractivity contribution is 6.33. The van der Waals surface area contributed by atoms with Crippen LogP contribution in [-0.2, 0) is 4.79 Å². The number of carbonyl (C=O) groups is 2. The number of hydrogen-bond acceptors (Lipinski definition) is 3. The predicted octanol–water partition coefficient (Wildman–Crippen LogP) is 1.07. The number of benzene rings is 1.